The van der Waals surface area contributed by atoms with Crippen LogP contribution in [-0.2, 0) is 36.8 Å². The van der Waals surface area contributed by atoms with Crippen LogP contribution in [0.15, 0.2) is 60.7 Å². The summed E-state index contributed by atoms with van der Waals surface area (Å²) in [6.45, 7) is 3.75. The van der Waals surface area contributed by atoms with E-state index in [2.05, 4.69) is 16.0 Å². The first kappa shape index (κ1) is 32.0. The number of carbonyl (C=O) groups is 5. The van der Waals surface area contributed by atoms with Gasteiger partial charge in [0.25, 0.3) is 0 Å². The third-order valence-corrected chi connectivity index (χ3v) is 6.69. The van der Waals surface area contributed by atoms with Crippen molar-refractivity contribution in [1.29, 1.82) is 0 Å². The maximum absolute atomic E-state index is 13.6. The summed E-state index contributed by atoms with van der Waals surface area (Å²) in [4.78, 5) is 62.6. The summed E-state index contributed by atoms with van der Waals surface area (Å²) in [5, 5.41) is 17.4. The van der Waals surface area contributed by atoms with E-state index in [0.29, 0.717) is 6.42 Å². The number of nitrogens with one attached hydrogen (secondary N) is 3. The highest BCUT2D eigenvalue weighted by Gasteiger charge is 2.31. The maximum atomic E-state index is 13.6. The first-order valence-electron chi connectivity index (χ1n) is 13.3. The van der Waals surface area contributed by atoms with Gasteiger partial charge in [-0.3, -0.25) is 19.2 Å². The average Bonchev–Trinajstić information content (AvgIpc) is 2.94. The van der Waals surface area contributed by atoms with Crippen LogP contribution in [0.5, 0.6) is 0 Å². The molecule has 4 amide bonds. The number of rotatable bonds is 16. The van der Waals surface area contributed by atoms with Crippen molar-refractivity contribution < 1.29 is 29.1 Å². The van der Waals surface area contributed by atoms with Crippen molar-refractivity contribution in [3.63, 3.8) is 0 Å². The van der Waals surface area contributed by atoms with Gasteiger partial charge in [0, 0.05) is 19.3 Å². The van der Waals surface area contributed by atoms with Crippen molar-refractivity contribution >= 4 is 29.6 Å². The highest BCUT2D eigenvalue weighted by atomic mass is 16.4. The maximum Gasteiger partial charge on any atom is 0.326 e. The zero-order chi connectivity index (χ0) is 29.7. The highest BCUT2D eigenvalue weighted by molar-refractivity contribution is 5.94. The summed E-state index contributed by atoms with van der Waals surface area (Å²) in [6, 6.07) is 13.5. The molecule has 216 valence electrons. The van der Waals surface area contributed by atoms with Gasteiger partial charge in [-0.15, -0.1) is 0 Å². The molecule has 0 spiro atoms. The predicted molar refractivity (Wildman–Crippen MR) is 150 cm³/mol. The standard InChI is InChI=1S/C29H39N5O6/c1-3-18(2)25(31)28(38)34-23(17-20-12-8-5-9-13-20)27(37)33-22(16-19-10-6-4-7-11-19)26(36)32-21(29(39)40)14-15-24(30)35/h4-13,18,21-23,25H,3,14-17,31H2,1-2H3,(H2,30,35)(H,32,36)(H,33,37)(H,34,38)(H,39,40). The predicted octanol–water partition coefficient (Wildman–Crippen LogP) is 0.650. The second-order valence-corrected chi connectivity index (χ2v) is 9.82. The number of carboxylic acid groups (broad SMARTS) is 1. The van der Waals surface area contributed by atoms with Gasteiger partial charge in [-0.05, 0) is 23.5 Å². The smallest absolute Gasteiger partial charge is 0.326 e. The number of benzene rings is 2. The number of hydrogen-bond acceptors (Lipinski definition) is 6. The molecule has 2 rings (SSSR count). The van der Waals surface area contributed by atoms with Gasteiger partial charge in [0.05, 0.1) is 6.04 Å². The fourth-order valence-corrected chi connectivity index (χ4v) is 3.99. The number of primary amides is 1. The molecule has 8 N–H and O–H groups in total. The van der Waals surface area contributed by atoms with E-state index in [-0.39, 0.29) is 31.6 Å². The SMILES string of the molecule is CCC(C)C(N)C(=O)NC(Cc1ccccc1)C(=O)NC(Cc1ccccc1)C(=O)NC(CCC(N)=O)C(=O)O. The van der Waals surface area contributed by atoms with Crippen LogP contribution in [0.2, 0.25) is 0 Å². The van der Waals surface area contributed by atoms with Crippen molar-refractivity contribution in [2.24, 2.45) is 17.4 Å². The molecule has 0 aliphatic rings. The number of hydrogen-bond donors (Lipinski definition) is 6. The summed E-state index contributed by atoms with van der Waals surface area (Å²) in [6.07, 6.45) is 0.418. The summed E-state index contributed by atoms with van der Waals surface area (Å²) in [5.74, 6) is -4.04. The van der Waals surface area contributed by atoms with Gasteiger partial charge in [-0.2, -0.15) is 0 Å². The quantitative estimate of drug-likeness (QED) is 0.176. The second kappa shape index (κ2) is 16.0. The first-order valence-corrected chi connectivity index (χ1v) is 13.3. The van der Waals surface area contributed by atoms with Crippen LogP contribution in [0.1, 0.15) is 44.2 Å². The number of amides is 4. The fraction of sp³-hybridized carbons (Fsp3) is 0.414. The Bertz CT molecular complexity index is 1140. The monoisotopic (exact) mass is 553 g/mol. The number of carbonyl (C=O) groups excluding carboxylic acids is 4. The van der Waals surface area contributed by atoms with Crippen LogP contribution in [0.3, 0.4) is 0 Å². The molecule has 11 heteroatoms. The molecule has 0 saturated carbocycles. The molecule has 0 aliphatic heterocycles. The molecule has 2 aromatic rings. The number of carboxylic acids is 1. The van der Waals surface area contributed by atoms with E-state index in [1.807, 2.05) is 32.0 Å². The van der Waals surface area contributed by atoms with Crippen LogP contribution in [0.25, 0.3) is 0 Å². The summed E-state index contributed by atoms with van der Waals surface area (Å²) >= 11 is 0. The minimum atomic E-state index is -1.39. The van der Waals surface area contributed by atoms with Crippen molar-refractivity contribution in [3.05, 3.63) is 71.8 Å². The van der Waals surface area contributed by atoms with E-state index in [1.165, 1.54) is 0 Å². The first-order chi connectivity index (χ1) is 19.0. The Morgan fingerprint density at radius 2 is 1.18 bits per heavy atom. The van der Waals surface area contributed by atoms with Crippen LogP contribution in [-0.4, -0.2) is 58.9 Å². The molecule has 5 atom stereocenters. The number of nitrogens with two attached hydrogens (primary N) is 2. The third-order valence-electron chi connectivity index (χ3n) is 6.69. The second-order valence-electron chi connectivity index (χ2n) is 9.82. The van der Waals surface area contributed by atoms with Crippen LogP contribution in [0.4, 0.5) is 0 Å². The van der Waals surface area contributed by atoms with Crippen molar-refractivity contribution in [2.45, 2.75) is 70.1 Å². The minimum absolute atomic E-state index is 0.0545. The Hall–Kier alpha value is -4.25. The molecular weight excluding hydrogens is 514 g/mol. The lowest BCUT2D eigenvalue weighted by Gasteiger charge is -2.26. The molecule has 0 heterocycles. The van der Waals surface area contributed by atoms with E-state index in [1.54, 1.807) is 42.5 Å². The minimum Gasteiger partial charge on any atom is -0.480 e. The van der Waals surface area contributed by atoms with E-state index < -0.39 is 53.8 Å². The molecule has 0 radical (unpaired) electrons. The summed E-state index contributed by atoms with van der Waals surface area (Å²) in [7, 11) is 0. The molecule has 0 bridgehead atoms. The van der Waals surface area contributed by atoms with Crippen molar-refractivity contribution in [1.82, 2.24) is 16.0 Å². The zero-order valence-electron chi connectivity index (χ0n) is 22.8. The molecule has 11 nitrogen and oxygen atoms in total. The van der Waals surface area contributed by atoms with Gasteiger partial charge in [0.1, 0.15) is 18.1 Å². The van der Waals surface area contributed by atoms with Gasteiger partial charge in [-0.1, -0.05) is 80.9 Å². The largest absolute Gasteiger partial charge is 0.480 e. The Labute approximate surface area is 234 Å². The van der Waals surface area contributed by atoms with Crippen LogP contribution in [0, 0.1) is 5.92 Å². The van der Waals surface area contributed by atoms with Gasteiger partial charge < -0.3 is 32.5 Å². The highest BCUT2D eigenvalue weighted by Crippen LogP contribution is 2.10. The summed E-state index contributed by atoms with van der Waals surface area (Å²) < 4.78 is 0. The lowest BCUT2D eigenvalue weighted by molar-refractivity contribution is -0.142. The summed E-state index contributed by atoms with van der Waals surface area (Å²) in [5.41, 5.74) is 12.7. The Balaban J connectivity index is 2.30. The zero-order valence-corrected chi connectivity index (χ0v) is 22.8. The van der Waals surface area contributed by atoms with Crippen LogP contribution >= 0.6 is 0 Å². The molecule has 40 heavy (non-hydrogen) atoms. The van der Waals surface area contributed by atoms with Gasteiger partial charge >= 0.3 is 5.97 Å². The topological polar surface area (TPSA) is 194 Å². The fourth-order valence-electron chi connectivity index (χ4n) is 3.99. The number of aliphatic carboxylic acids is 1. The average molecular weight is 554 g/mol. The Morgan fingerprint density at radius 3 is 1.57 bits per heavy atom. The van der Waals surface area contributed by atoms with Crippen molar-refractivity contribution in [3.8, 4) is 0 Å². The Morgan fingerprint density at radius 1 is 0.750 bits per heavy atom. The van der Waals surface area contributed by atoms with Gasteiger partial charge in [0.15, 0.2) is 0 Å². The molecule has 2 aromatic carbocycles. The van der Waals surface area contributed by atoms with Crippen LogP contribution < -0.4 is 27.4 Å². The van der Waals surface area contributed by atoms with E-state index in [4.69, 9.17) is 11.5 Å². The lowest BCUT2D eigenvalue weighted by atomic mass is 9.98. The molecule has 5 unspecified atom stereocenters. The normalized spacial score (nSPS) is 14.6. The van der Waals surface area contributed by atoms with E-state index in [9.17, 15) is 29.1 Å². The molecule has 0 aromatic heterocycles. The lowest BCUT2D eigenvalue weighted by Crippen LogP contribution is -2.58. The molecule has 0 aliphatic carbocycles. The molecular formula is C29H39N5O6. The third kappa shape index (κ3) is 10.5. The molecule has 0 saturated heterocycles. The van der Waals surface area contributed by atoms with E-state index in [0.717, 1.165) is 11.1 Å². The van der Waals surface area contributed by atoms with Crippen molar-refractivity contribution in [2.75, 3.05) is 0 Å². The van der Waals surface area contributed by atoms with Gasteiger partial charge in [-0.25, -0.2) is 4.79 Å². The van der Waals surface area contributed by atoms with E-state index >= 15 is 0 Å². The van der Waals surface area contributed by atoms with Gasteiger partial charge in [0.2, 0.25) is 23.6 Å². The Kier molecular flexibility index (Phi) is 12.8. The molecule has 0 fully saturated rings.